The lowest BCUT2D eigenvalue weighted by Gasteiger charge is -2.08. The molecule has 0 aromatic carbocycles. The first kappa shape index (κ1) is 10.2. The molecule has 1 N–H and O–H groups in total. The average molecular weight is 220 g/mol. The molecule has 15 heavy (non-hydrogen) atoms. The molecule has 1 heterocycles. The van der Waals surface area contributed by atoms with Crippen molar-refractivity contribution in [2.45, 2.75) is 25.7 Å². The fraction of sp³-hybridized carbons (Fsp3) is 0.455. The summed E-state index contributed by atoms with van der Waals surface area (Å²) >= 11 is 1.41. The Morgan fingerprint density at radius 1 is 1.53 bits per heavy atom. The molecule has 1 aromatic heterocycles. The Kier molecular flexibility index (Phi) is 3.02. The van der Waals surface area contributed by atoms with E-state index in [0.29, 0.717) is 10.6 Å². The van der Waals surface area contributed by atoms with Crippen LogP contribution >= 0.6 is 11.3 Å². The van der Waals surface area contributed by atoms with E-state index in [9.17, 15) is 4.79 Å². The van der Waals surface area contributed by atoms with Crippen LogP contribution in [0.3, 0.4) is 0 Å². The number of carbonyl (C=O) groups excluding carboxylic acids is 1. The van der Waals surface area contributed by atoms with Crippen molar-refractivity contribution in [3.63, 3.8) is 0 Å². The first-order valence-electron chi connectivity index (χ1n) is 5.09. The van der Waals surface area contributed by atoms with Gasteiger partial charge in [-0.1, -0.05) is 12.8 Å². The highest BCUT2D eigenvalue weighted by atomic mass is 32.1. The lowest BCUT2D eigenvalue weighted by molar-refractivity contribution is -0.119. The number of carbonyl (C=O) groups is 1. The van der Waals surface area contributed by atoms with Crippen LogP contribution in [-0.2, 0) is 4.79 Å². The Morgan fingerprint density at radius 3 is 2.93 bits per heavy atom. The molecule has 78 valence electrons. The molecular formula is C11H12N2OS. The molecule has 1 saturated carbocycles. The zero-order valence-electron chi connectivity index (χ0n) is 8.32. The van der Waals surface area contributed by atoms with Gasteiger partial charge in [0.2, 0.25) is 5.91 Å². The van der Waals surface area contributed by atoms with E-state index in [1.54, 1.807) is 6.07 Å². The molecule has 0 bridgehead atoms. The molecule has 0 saturated heterocycles. The fourth-order valence-corrected chi connectivity index (χ4v) is 2.64. The van der Waals surface area contributed by atoms with Gasteiger partial charge in [0.05, 0.1) is 5.56 Å². The number of anilines is 1. The minimum Gasteiger partial charge on any atom is -0.316 e. The third-order valence-electron chi connectivity index (χ3n) is 2.75. The lowest BCUT2D eigenvalue weighted by atomic mass is 10.1. The third kappa shape index (κ3) is 2.18. The summed E-state index contributed by atoms with van der Waals surface area (Å²) in [6.45, 7) is 0. The van der Waals surface area contributed by atoms with Gasteiger partial charge in [-0.05, 0) is 24.3 Å². The van der Waals surface area contributed by atoms with E-state index < -0.39 is 0 Å². The van der Waals surface area contributed by atoms with Crippen LogP contribution < -0.4 is 5.32 Å². The zero-order valence-corrected chi connectivity index (χ0v) is 9.14. The molecule has 4 heteroatoms. The van der Waals surface area contributed by atoms with Gasteiger partial charge in [0.1, 0.15) is 11.1 Å². The predicted octanol–water partition coefficient (Wildman–Crippen LogP) is 2.75. The molecule has 0 aliphatic heterocycles. The summed E-state index contributed by atoms with van der Waals surface area (Å²) in [7, 11) is 0. The summed E-state index contributed by atoms with van der Waals surface area (Å²) in [4.78, 5) is 11.8. The summed E-state index contributed by atoms with van der Waals surface area (Å²) in [6.07, 6.45) is 4.26. The Hall–Kier alpha value is -1.34. The Morgan fingerprint density at radius 2 is 2.27 bits per heavy atom. The largest absolute Gasteiger partial charge is 0.316 e. The van der Waals surface area contributed by atoms with Crippen molar-refractivity contribution in [2.24, 2.45) is 5.92 Å². The van der Waals surface area contributed by atoms with Crippen molar-refractivity contribution in [2.75, 3.05) is 5.32 Å². The van der Waals surface area contributed by atoms with Gasteiger partial charge in [-0.25, -0.2) is 0 Å². The van der Waals surface area contributed by atoms with Gasteiger partial charge in [0.15, 0.2) is 0 Å². The molecule has 0 spiro atoms. The minimum absolute atomic E-state index is 0.0754. The van der Waals surface area contributed by atoms with Crippen molar-refractivity contribution >= 4 is 22.2 Å². The van der Waals surface area contributed by atoms with E-state index in [0.717, 1.165) is 25.7 Å². The second-order valence-corrected chi connectivity index (χ2v) is 4.66. The maximum Gasteiger partial charge on any atom is 0.228 e. The SMILES string of the molecule is N#Cc1ccsc1NC(=O)C1CCCC1. The minimum atomic E-state index is 0.0754. The van der Waals surface area contributed by atoms with Crippen LogP contribution in [0.5, 0.6) is 0 Å². The average Bonchev–Trinajstić information content (AvgIpc) is 2.87. The highest BCUT2D eigenvalue weighted by molar-refractivity contribution is 7.14. The van der Waals surface area contributed by atoms with Crippen LogP contribution in [-0.4, -0.2) is 5.91 Å². The van der Waals surface area contributed by atoms with Gasteiger partial charge >= 0.3 is 0 Å². The lowest BCUT2D eigenvalue weighted by Crippen LogP contribution is -2.20. The van der Waals surface area contributed by atoms with Gasteiger partial charge in [-0.2, -0.15) is 5.26 Å². The fourth-order valence-electron chi connectivity index (χ4n) is 1.90. The zero-order chi connectivity index (χ0) is 10.7. The molecule has 1 fully saturated rings. The molecule has 1 aliphatic rings. The van der Waals surface area contributed by atoms with Gasteiger partial charge in [0.25, 0.3) is 0 Å². The van der Waals surface area contributed by atoms with Crippen LogP contribution in [0, 0.1) is 17.2 Å². The van der Waals surface area contributed by atoms with E-state index in [1.807, 2.05) is 5.38 Å². The maximum absolute atomic E-state index is 11.8. The van der Waals surface area contributed by atoms with Gasteiger partial charge in [0, 0.05) is 5.92 Å². The van der Waals surface area contributed by atoms with Crippen molar-refractivity contribution in [1.82, 2.24) is 0 Å². The molecule has 2 rings (SSSR count). The van der Waals surface area contributed by atoms with Crippen LogP contribution in [0.1, 0.15) is 31.2 Å². The van der Waals surface area contributed by atoms with E-state index in [4.69, 9.17) is 5.26 Å². The van der Waals surface area contributed by atoms with Crippen molar-refractivity contribution in [1.29, 1.82) is 5.26 Å². The van der Waals surface area contributed by atoms with E-state index in [1.165, 1.54) is 11.3 Å². The molecule has 0 radical (unpaired) electrons. The second kappa shape index (κ2) is 4.45. The van der Waals surface area contributed by atoms with Crippen LogP contribution in [0.15, 0.2) is 11.4 Å². The summed E-state index contributed by atoms with van der Waals surface area (Å²) in [5.41, 5.74) is 0.561. The highest BCUT2D eigenvalue weighted by Gasteiger charge is 2.23. The van der Waals surface area contributed by atoms with E-state index >= 15 is 0 Å². The first-order chi connectivity index (χ1) is 7.31. The molecule has 1 amide bonds. The summed E-state index contributed by atoms with van der Waals surface area (Å²) in [5.74, 6) is 0.227. The van der Waals surface area contributed by atoms with Crippen molar-refractivity contribution in [3.8, 4) is 6.07 Å². The van der Waals surface area contributed by atoms with Crippen LogP contribution in [0.25, 0.3) is 0 Å². The number of rotatable bonds is 2. The topological polar surface area (TPSA) is 52.9 Å². The maximum atomic E-state index is 11.8. The van der Waals surface area contributed by atoms with Gasteiger partial charge in [-0.3, -0.25) is 4.79 Å². The van der Waals surface area contributed by atoms with Crippen LogP contribution in [0.4, 0.5) is 5.00 Å². The monoisotopic (exact) mass is 220 g/mol. The number of nitriles is 1. The molecule has 0 atom stereocenters. The van der Waals surface area contributed by atoms with E-state index in [-0.39, 0.29) is 11.8 Å². The third-order valence-corrected chi connectivity index (χ3v) is 3.58. The Bertz CT molecular complexity index is 399. The first-order valence-corrected chi connectivity index (χ1v) is 5.97. The van der Waals surface area contributed by atoms with Gasteiger partial charge in [-0.15, -0.1) is 11.3 Å². The predicted molar refractivity (Wildman–Crippen MR) is 59.6 cm³/mol. The molecule has 1 aliphatic carbocycles. The number of thiophene rings is 1. The molecular weight excluding hydrogens is 208 g/mol. The summed E-state index contributed by atoms with van der Waals surface area (Å²) < 4.78 is 0. The normalized spacial score (nSPS) is 16.2. The highest BCUT2D eigenvalue weighted by Crippen LogP contribution is 2.28. The Balaban J connectivity index is 2.02. The number of amides is 1. The van der Waals surface area contributed by atoms with Crippen molar-refractivity contribution in [3.05, 3.63) is 17.0 Å². The summed E-state index contributed by atoms with van der Waals surface area (Å²) in [6, 6.07) is 3.80. The number of hydrogen-bond acceptors (Lipinski definition) is 3. The molecule has 1 aromatic rings. The van der Waals surface area contributed by atoms with Crippen molar-refractivity contribution < 1.29 is 4.79 Å². The Labute approximate surface area is 92.7 Å². The van der Waals surface area contributed by atoms with Gasteiger partial charge < -0.3 is 5.32 Å². The van der Waals surface area contributed by atoms with E-state index in [2.05, 4.69) is 11.4 Å². The summed E-state index contributed by atoms with van der Waals surface area (Å²) in [5, 5.41) is 14.1. The standard InChI is InChI=1S/C11H12N2OS/c12-7-9-5-6-15-11(9)13-10(14)8-3-1-2-4-8/h5-6,8H,1-4H2,(H,13,14). The molecule has 0 unspecified atom stereocenters. The number of nitrogens with zero attached hydrogens (tertiary/aromatic N) is 1. The quantitative estimate of drug-likeness (QED) is 0.833. The number of nitrogens with one attached hydrogen (secondary N) is 1. The number of hydrogen-bond donors (Lipinski definition) is 1. The molecule has 3 nitrogen and oxygen atoms in total. The smallest absolute Gasteiger partial charge is 0.228 e. The second-order valence-electron chi connectivity index (χ2n) is 3.75. The van der Waals surface area contributed by atoms with Crippen LogP contribution in [0.2, 0.25) is 0 Å².